The Hall–Kier alpha value is -2.44. The normalized spacial score (nSPS) is 10.3. The molecular weight excluding hydrogens is 234 g/mol. The van der Waals surface area contributed by atoms with Gasteiger partial charge in [0, 0.05) is 18.9 Å². The van der Waals surface area contributed by atoms with Gasteiger partial charge < -0.3 is 5.32 Å². The van der Waals surface area contributed by atoms with Crippen molar-refractivity contribution in [3.8, 4) is 5.82 Å². The van der Waals surface area contributed by atoms with Gasteiger partial charge in [-0.25, -0.2) is 9.97 Å². The highest BCUT2D eigenvalue weighted by Gasteiger charge is 2.13. The van der Waals surface area contributed by atoms with E-state index in [2.05, 4.69) is 15.3 Å². The molecule has 2 aromatic rings. The molecule has 2 heterocycles. The van der Waals surface area contributed by atoms with Gasteiger partial charge in [0.05, 0.1) is 17.1 Å². The minimum Gasteiger partial charge on any atom is -0.370 e. The van der Waals surface area contributed by atoms with Crippen molar-refractivity contribution in [1.82, 2.24) is 14.5 Å². The Morgan fingerprint density at radius 3 is 2.83 bits per heavy atom. The van der Waals surface area contributed by atoms with Gasteiger partial charge in [-0.15, -0.1) is 0 Å². The number of nitro groups is 1. The van der Waals surface area contributed by atoms with E-state index in [1.807, 2.05) is 13.8 Å². The Morgan fingerprint density at radius 1 is 1.50 bits per heavy atom. The van der Waals surface area contributed by atoms with E-state index < -0.39 is 4.92 Å². The van der Waals surface area contributed by atoms with Crippen LogP contribution in [-0.2, 0) is 0 Å². The van der Waals surface area contributed by atoms with E-state index in [0.29, 0.717) is 18.2 Å². The molecule has 2 aromatic heterocycles. The molecule has 18 heavy (non-hydrogen) atoms. The standard InChI is InChI=1S/C11H13N5O2/c1-3-12-10-6-9(16(17)18)7-11(14-10)15-5-4-13-8(15)2/h4-7H,3H2,1-2H3,(H,12,14). The summed E-state index contributed by atoms with van der Waals surface area (Å²) in [6.45, 7) is 4.37. The van der Waals surface area contributed by atoms with Gasteiger partial charge >= 0.3 is 0 Å². The zero-order chi connectivity index (χ0) is 13.1. The molecule has 7 heteroatoms. The summed E-state index contributed by atoms with van der Waals surface area (Å²) >= 11 is 0. The lowest BCUT2D eigenvalue weighted by Gasteiger charge is -2.07. The Bertz CT molecular complexity index is 579. The van der Waals surface area contributed by atoms with Gasteiger partial charge in [0.2, 0.25) is 0 Å². The number of aromatic nitrogens is 3. The van der Waals surface area contributed by atoms with Crippen LogP contribution < -0.4 is 5.32 Å². The zero-order valence-electron chi connectivity index (χ0n) is 10.1. The van der Waals surface area contributed by atoms with Gasteiger partial charge in [0.1, 0.15) is 17.5 Å². The van der Waals surface area contributed by atoms with E-state index in [9.17, 15) is 10.1 Å². The number of hydrogen-bond acceptors (Lipinski definition) is 5. The molecule has 94 valence electrons. The topological polar surface area (TPSA) is 85.9 Å². The average molecular weight is 247 g/mol. The molecule has 0 radical (unpaired) electrons. The first-order valence-corrected chi connectivity index (χ1v) is 5.52. The van der Waals surface area contributed by atoms with E-state index in [4.69, 9.17) is 0 Å². The molecule has 0 aliphatic carbocycles. The molecule has 0 unspecified atom stereocenters. The number of anilines is 1. The first-order chi connectivity index (χ1) is 8.61. The van der Waals surface area contributed by atoms with Crippen molar-refractivity contribution in [2.24, 2.45) is 0 Å². The van der Waals surface area contributed by atoms with E-state index in [0.717, 1.165) is 5.82 Å². The van der Waals surface area contributed by atoms with E-state index in [1.165, 1.54) is 12.1 Å². The maximum atomic E-state index is 10.9. The highest BCUT2D eigenvalue weighted by molar-refractivity contribution is 5.50. The van der Waals surface area contributed by atoms with E-state index in [1.54, 1.807) is 17.0 Å². The first kappa shape index (κ1) is 12.0. The molecule has 0 saturated carbocycles. The molecule has 2 rings (SSSR count). The number of hydrogen-bond donors (Lipinski definition) is 1. The van der Waals surface area contributed by atoms with E-state index in [-0.39, 0.29) is 5.69 Å². The van der Waals surface area contributed by atoms with Crippen LogP contribution in [0.5, 0.6) is 0 Å². The third-order valence-corrected chi connectivity index (χ3v) is 2.44. The van der Waals surface area contributed by atoms with Crippen molar-refractivity contribution in [3.63, 3.8) is 0 Å². The summed E-state index contributed by atoms with van der Waals surface area (Å²) in [5.74, 6) is 1.69. The van der Waals surface area contributed by atoms with Crippen LogP contribution in [0.2, 0.25) is 0 Å². The lowest BCUT2D eigenvalue weighted by Crippen LogP contribution is -2.05. The molecule has 1 N–H and O–H groups in total. The van der Waals surface area contributed by atoms with Gasteiger partial charge in [0.25, 0.3) is 5.69 Å². The maximum absolute atomic E-state index is 10.9. The number of imidazole rings is 1. The molecule has 0 bridgehead atoms. The van der Waals surface area contributed by atoms with Crippen molar-refractivity contribution in [1.29, 1.82) is 0 Å². The quantitative estimate of drug-likeness (QED) is 0.658. The Balaban J connectivity index is 2.53. The van der Waals surface area contributed by atoms with Crippen LogP contribution >= 0.6 is 0 Å². The average Bonchev–Trinajstić information content (AvgIpc) is 2.75. The fraction of sp³-hybridized carbons (Fsp3) is 0.273. The van der Waals surface area contributed by atoms with Gasteiger partial charge in [-0.05, 0) is 13.8 Å². The summed E-state index contributed by atoms with van der Waals surface area (Å²) in [6.07, 6.45) is 3.35. The van der Waals surface area contributed by atoms with Crippen LogP contribution in [0.4, 0.5) is 11.5 Å². The Labute approximate surface area is 104 Å². The molecule has 0 fully saturated rings. The predicted molar refractivity (Wildman–Crippen MR) is 66.9 cm³/mol. The number of rotatable bonds is 4. The molecule has 0 amide bonds. The van der Waals surface area contributed by atoms with Crippen molar-refractivity contribution in [2.45, 2.75) is 13.8 Å². The molecule has 0 aliphatic heterocycles. The van der Waals surface area contributed by atoms with E-state index >= 15 is 0 Å². The lowest BCUT2D eigenvalue weighted by atomic mass is 10.3. The second-order valence-corrected chi connectivity index (χ2v) is 3.70. The van der Waals surface area contributed by atoms with Gasteiger partial charge in [-0.2, -0.15) is 0 Å². The Morgan fingerprint density at radius 2 is 2.28 bits per heavy atom. The van der Waals surface area contributed by atoms with Crippen LogP contribution in [-0.4, -0.2) is 26.0 Å². The molecule has 0 saturated heterocycles. The lowest BCUT2D eigenvalue weighted by molar-refractivity contribution is -0.384. The number of pyridine rings is 1. The van der Waals surface area contributed by atoms with Crippen LogP contribution in [0.3, 0.4) is 0 Å². The first-order valence-electron chi connectivity index (χ1n) is 5.52. The largest absolute Gasteiger partial charge is 0.370 e. The highest BCUT2D eigenvalue weighted by atomic mass is 16.6. The van der Waals surface area contributed by atoms with Crippen LogP contribution in [0, 0.1) is 17.0 Å². The maximum Gasteiger partial charge on any atom is 0.276 e. The number of nitrogens with one attached hydrogen (secondary N) is 1. The summed E-state index contributed by atoms with van der Waals surface area (Å²) in [4.78, 5) is 18.8. The number of nitrogens with zero attached hydrogens (tertiary/aromatic N) is 4. The van der Waals surface area contributed by atoms with Gasteiger partial charge in [-0.3, -0.25) is 14.7 Å². The summed E-state index contributed by atoms with van der Waals surface area (Å²) in [7, 11) is 0. The summed E-state index contributed by atoms with van der Waals surface area (Å²) in [5, 5.41) is 13.9. The van der Waals surface area contributed by atoms with Crippen LogP contribution in [0.25, 0.3) is 5.82 Å². The SMILES string of the molecule is CCNc1cc([N+](=O)[O-])cc(-n2ccnc2C)n1. The molecule has 0 aromatic carbocycles. The molecule has 0 spiro atoms. The molecular formula is C11H13N5O2. The summed E-state index contributed by atoms with van der Waals surface area (Å²) < 4.78 is 1.70. The predicted octanol–water partition coefficient (Wildman–Crippen LogP) is 1.92. The molecule has 0 aliphatic rings. The van der Waals surface area contributed by atoms with Crippen molar-refractivity contribution in [3.05, 3.63) is 40.5 Å². The number of aryl methyl sites for hydroxylation is 1. The minimum absolute atomic E-state index is 0.00375. The monoisotopic (exact) mass is 247 g/mol. The summed E-state index contributed by atoms with van der Waals surface area (Å²) in [5.41, 5.74) is 0.00375. The van der Waals surface area contributed by atoms with Crippen molar-refractivity contribution >= 4 is 11.5 Å². The van der Waals surface area contributed by atoms with Crippen LogP contribution in [0.15, 0.2) is 24.5 Å². The zero-order valence-corrected chi connectivity index (χ0v) is 10.1. The third kappa shape index (κ3) is 2.29. The fourth-order valence-electron chi connectivity index (χ4n) is 1.62. The van der Waals surface area contributed by atoms with Gasteiger partial charge in [-0.1, -0.05) is 0 Å². The second kappa shape index (κ2) is 4.82. The summed E-state index contributed by atoms with van der Waals surface area (Å²) in [6, 6.07) is 2.84. The van der Waals surface area contributed by atoms with Crippen molar-refractivity contribution < 1.29 is 4.92 Å². The Kier molecular flexibility index (Phi) is 3.22. The molecule has 7 nitrogen and oxygen atoms in total. The third-order valence-electron chi connectivity index (χ3n) is 2.44. The van der Waals surface area contributed by atoms with Gasteiger partial charge in [0.15, 0.2) is 0 Å². The molecule has 0 atom stereocenters. The van der Waals surface area contributed by atoms with Crippen molar-refractivity contribution in [2.75, 3.05) is 11.9 Å². The fourth-order valence-corrected chi connectivity index (χ4v) is 1.62. The minimum atomic E-state index is -0.432. The van der Waals surface area contributed by atoms with Crippen LogP contribution in [0.1, 0.15) is 12.7 Å². The smallest absolute Gasteiger partial charge is 0.276 e. The second-order valence-electron chi connectivity index (χ2n) is 3.70. The highest BCUT2D eigenvalue weighted by Crippen LogP contribution is 2.20.